The average Bonchev–Trinajstić information content (AvgIpc) is 2.34. The van der Waals surface area contributed by atoms with Crippen LogP contribution in [0.15, 0.2) is 12.1 Å². The summed E-state index contributed by atoms with van der Waals surface area (Å²) in [7, 11) is 0. The Hall–Kier alpha value is -1.05. The van der Waals surface area contributed by atoms with Crippen LogP contribution in [0.4, 0.5) is 5.69 Å². The largest absolute Gasteiger partial charge is 0.399 e. The summed E-state index contributed by atoms with van der Waals surface area (Å²) in [6.07, 6.45) is 2.16. The van der Waals surface area contributed by atoms with Crippen molar-refractivity contribution in [1.29, 1.82) is 0 Å². The number of aromatic nitrogens is 1. The van der Waals surface area contributed by atoms with Crippen LogP contribution in [-0.4, -0.2) is 4.98 Å². The Balaban J connectivity index is 0.00000277. The molecule has 25 heavy (non-hydrogen) atoms. The first-order chi connectivity index (χ1) is 11.0. The van der Waals surface area contributed by atoms with E-state index in [4.69, 9.17) is 10.7 Å². The van der Waals surface area contributed by atoms with Gasteiger partial charge < -0.3 is 5.73 Å². The van der Waals surface area contributed by atoms with Gasteiger partial charge in [0.2, 0.25) is 0 Å². The van der Waals surface area contributed by atoms with Crippen LogP contribution in [0.3, 0.4) is 0 Å². The minimum Gasteiger partial charge on any atom is -0.399 e. The highest BCUT2D eigenvalue weighted by Gasteiger charge is 2.32. The topological polar surface area (TPSA) is 38.9 Å². The molecule has 0 aliphatic carbocycles. The Labute approximate surface area is 158 Å². The Kier molecular flexibility index (Phi) is 7.76. The molecule has 1 aromatic rings. The van der Waals surface area contributed by atoms with Crippen molar-refractivity contribution in [3.05, 3.63) is 23.5 Å². The predicted octanol–water partition coefficient (Wildman–Crippen LogP) is 7.12. The van der Waals surface area contributed by atoms with Crippen LogP contribution in [0.1, 0.15) is 107 Å². The molecule has 1 rings (SSSR count). The van der Waals surface area contributed by atoms with Crippen LogP contribution in [0.5, 0.6) is 0 Å². The van der Waals surface area contributed by atoms with Gasteiger partial charge >= 0.3 is 0 Å². The molecule has 0 spiro atoms. The lowest BCUT2D eigenvalue weighted by Crippen LogP contribution is -2.30. The molecule has 0 radical (unpaired) electrons. The van der Waals surface area contributed by atoms with E-state index < -0.39 is 0 Å². The van der Waals surface area contributed by atoms with Gasteiger partial charge in [-0.05, 0) is 35.8 Å². The van der Waals surface area contributed by atoms with E-state index in [9.17, 15) is 0 Å². The molecule has 0 saturated carbocycles. The summed E-state index contributed by atoms with van der Waals surface area (Å²) in [4.78, 5) is 5.07. The summed E-state index contributed by atoms with van der Waals surface area (Å²) in [6.45, 7) is 26.8. The van der Waals surface area contributed by atoms with E-state index in [2.05, 4.69) is 81.4 Å². The third-order valence-corrected chi connectivity index (χ3v) is 4.18. The molecular weight excluding hydrogens is 304 g/mol. The Bertz CT molecular complexity index is 494. The highest BCUT2D eigenvalue weighted by molar-refractivity contribution is 5.44. The zero-order valence-electron chi connectivity index (χ0n) is 19.1. The van der Waals surface area contributed by atoms with Gasteiger partial charge in [0.1, 0.15) is 0 Å². The lowest BCUT2D eigenvalue weighted by atomic mass is 9.72. The minimum absolute atomic E-state index is 0.0141. The first-order valence-electron chi connectivity index (χ1n) is 9.80. The number of nitrogens with zero attached hydrogens (tertiary/aromatic N) is 1. The summed E-state index contributed by atoms with van der Waals surface area (Å²) >= 11 is 0. The van der Waals surface area contributed by atoms with Crippen molar-refractivity contribution in [1.82, 2.24) is 4.98 Å². The van der Waals surface area contributed by atoms with Crippen LogP contribution in [-0.2, 0) is 10.8 Å². The quantitative estimate of drug-likeness (QED) is 0.629. The highest BCUT2D eigenvalue weighted by Crippen LogP contribution is 2.39. The Morgan fingerprint density at radius 1 is 0.680 bits per heavy atom. The molecule has 0 aliphatic heterocycles. The standard InChI is InChI=1S/C21H38N2.C2H6/c1-18(2,3)13-20(7,8)16-11-15(22)12-17(23-16)21(9,10)14-19(4,5)6;1-2/h11-12H,13-14H2,1-10H3,(H2,22,23);1-2H3. The van der Waals surface area contributed by atoms with E-state index in [1.165, 1.54) is 0 Å². The number of hydrogen-bond acceptors (Lipinski definition) is 2. The maximum Gasteiger partial charge on any atom is 0.0484 e. The molecule has 1 aromatic heterocycles. The third kappa shape index (κ3) is 8.25. The van der Waals surface area contributed by atoms with Crippen molar-refractivity contribution in [2.45, 2.75) is 107 Å². The van der Waals surface area contributed by atoms with Gasteiger partial charge in [-0.15, -0.1) is 0 Å². The number of rotatable bonds is 4. The van der Waals surface area contributed by atoms with Crippen molar-refractivity contribution in [3.63, 3.8) is 0 Å². The lowest BCUT2D eigenvalue weighted by molar-refractivity contribution is 0.270. The fourth-order valence-electron chi connectivity index (χ4n) is 4.08. The average molecular weight is 349 g/mol. The Morgan fingerprint density at radius 3 is 1.20 bits per heavy atom. The van der Waals surface area contributed by atoms with Gasteiger partial charge in [0.15, 0.2) is 0 Å². The Morgan fingerprint density at radius 2 is 0.960 bits per heavy atom. The molecule has 0 aliphatic rings. The van der Waals surface area contributed by atoms with E-state index in [-0.39, 0.29) is 21.7 Å². The zero-order valence-corrected chi connectivity index (χ0v) is 19.1. The molecule has 0 atom stereocenters. The van der Waals surface area contributed by atoms with Crippen molar-refractivity contribution in [2.24, 2.45) is 10.8 Å². The summed E-state index contributed by atoms with van der Waals surface area (Å²) in [5, 5.41) is 0. The second-order valence-corrected chi connectivity index (χ2v) is 10.9. The predicted molar refractivity (Wildman–Crippen MR) is 114 cm³/mol. The van der Waals surface area contributed by atoms with Crippen LogP contribution < -0.4 is 5.73 Å². The molecule has 2 N–H and O–H groups in total. The molecule has 0 amide bonds. The minimum atomic E-state index is 0.0141. The molecule has 0 bridgehead atoms. The van der Waals surface area contributed by atoms with Crippen molar-refractivity contribution in [2.75, 3.05) is 5.73 Å². The van der Waals surface area contributed by atoms with Crippen molar-refractivity contribution >= 4 is 5.69 Å². The van der Waals surface area contributed by atoms with Gasteiger partial charge in [-0.3, -0.25) is 4.98 Å². The van der Waals surface area contributed by atoms with E-state index in [0.29, 0.717) is 0 Å². The van der Waals surface area contributed by atoms with Crippen molar-refractivity contribution in [3.8, 4) is 0 Å². The van der Waals surface area contributed by atoms with Gasteiger partial charge in [0.05, 0.1) is 0 Å². The SMILES string of the molecule is CC.CC(C)(C)CC(C)(C)c1cc(N)cc(C(C)(C)CC(C)(C)C)n1. The monoisotopic (exact) mass is 348 g/mol. The smallest absolute Gasteiger partial charge is 0.0484 e. The molecular formula is C23H44N2. The van der Waals surface area contributed by atoms with Gasteiger partial charge in [0, 0.05) is 27.9 Å². The molecule has 0 aromatic carbocycles. The highest BCUT2D eigenvalue weighted by atomic mass is 14.8. The zero-order chi connectivity index (χ0) is 20.3. The first kappa shape index (κ1) is 23.9. The molecule has 0 unspecified atom stereocenters. The van der Waals surface area contributed by atoms with Crippen LogP contribution in [0.2, 0.25) is 0 Å². The lowest BCUT2D eigenvalue weighted by Gasteiger charge is -2.35. The molecule has 1 heterocycles. The van der Waals surface area contributed by atoms with E-state index in [0.717, 1.165) is 29.9 Å². The second-order valence-electron chi connectivity index (χ2n) is 10.9. The van der Waals surface area contributed by atoms with Crippen LogP contribution in [0, 0.1) is 10.8 Å². The van der Waals surface area contributed by atoms with Crippen LogP contribution >= 0.6 is 0 Å². The molecule has 2 nitrogen and oxygen atoms in total. The van der Waals surface area contributed by atoms with E-state index >= 15 is 0 Å². The number of pyridine rings is 1. The number of anilines is 1. The summed E-state index contributed by atoms with van der Waals surface area (Å²) in [6, 6.07) is 4.12. The number of hydrogen-bond donors (Lipinski definition) is 1. The van der Waals surface area contributed by atoms with Gasteiger partial charge in [0.25, 0.3) is 0 Å². The fourth-order valence-corrected chi connectivity index (χ4v) is 4.08. The van der Waals surface area contributed by atoms with Gasteiger partial charge in [-0.1, -0.05) is 83.1 Å². The van der Waals surface area contributed by atoms with Crippen LogP contribution in [0.25, 0.3) is 0 Å². The first-order valence-corrected chi connectivity index (χ1v) is 9.80. The number of nitrogen functional groups attached to an aromatic ring is 1. The van der Waals surface area contributed by atoms with Gasteiger partial charge in [-0.2, -0.15) is 0 Å². The van der Waals surface area contributed by atoms with Gasteiger partial charge in [-0.25, -0.2) is 0 Å². The normalized spacial score (nSPS) is 13.3. The third-order valence-electron chi connectivity index (χ3n) is 4.18. The summed E-state index contributed by atoms with van der Waals surface area (Å²) in [5.41, 5.74) is 9.85. The summed E-state index contributed by atoms with van der Waals surface area (Å²) in [5.74, 6) is 0. The molecule has 2 heteroatoms. The van der Waals surface area contributed by atoms with E-state index in [1.807, 2.05) is 13.8 Å². The molecule has 0 fully saturated rings. The second kappa shape index (κ2) is 8.10. The molecule has 0 saturated heterocycles. The number of nitrogens with two attached hydrogens (primary N) is 1. The maximum absolute atomic E-state index is 6.24. The summed E-state index contributed by atoms with van der Waals surface area (Å²) < 4.78 is 0. The maximum atomic E-state index is 6.24. The fraction of sp³-hybridized carbons (Fsp3) is 0.783. The molecule has 146 valence electrons. The van der Waals surface area contributed by atoms with E-state index in [1.54, 1.807) is 0 Å². The van der Waals surface area contributed by atoms with Crippen molar-refractivity contribution < 1.29 is 0 Å².